The van der Waals surface area contributed by atoms with Gasteiger partial charge in [0.2, 0.25) is 10.0 Å². The van der Waals surface area contributed by atoms with E-state index in [4.69, 9.17) is 0 Å². The number of amides is 2. The van der Waals surface area contributed by atoms with Gasteiger partial charge in [-0.25, -0.2) is 8.42 Å². The fraction of sp³-hybridized carbons (Fsp3) is 0.333. The van der Waals surface area contributed by atoms with Gasteiger partial charge in [-0.05, 0) is 55.7 Å². The van der Waals surface area contributed by atoms with Crippen LogP contribution in [0.3, 0.4) is 0 Å². The van der Waals surface area contributed by atoms with Crippen molar-refractivity contribution in [3.8, 4) is 0 Å². The van der Waals surface area contributed by atoms with E-state index in [1.165, 1.54) is 11.4 Å². The van der Waals surface area contributed by atoms with Crippen molar-refractivity contribution in [3.05, 3.63) is 59.2 Å². The van der Waals surface area contributed by atoms with Crippen molar-refractivity contribution in [3.63, 3.8) is 0 Å². The summed E-state index contributed by atoms with van der Waals surface area (Å²) in [6.45, 7) is 3.21. The van der Waals surface area contributed by atoms with E-state index < -0.39 is 10.0 Å². The van der Waals surface area contributed by atoms with Crippen molar-refractivity contribution in [2.45, 2.75) is 19.8 Å². The first kappa shape index (κ1) is 20.9. The van der Waals surface area contributed by atoms with Gasteiger partial charge in [0.25, 0.3) is 11.8 Å². The molecule has 154 valence electrons. The van der Waals surface area contributed by atoms with Crippen LogP contribution in [0.25, 0.3) is 0 Å². The molecule has 0 bridgehead atoms. The molecule has 2 amide bonds. The van der Waals surface area contributed by atoms with Crippen molar-refractivity contribution >= 4 is 33.2 Å². The van der Waals surface area contributed by atoms with Crippen molar-refractivity contribution < 1.29 is 18.0 Å². The smallest absolute Gasteiger partial charge is 0.255 e. The monoisotopic (exact) mass is 415 g/mol. The van der Waals surface area contributed by atoms with Gasteiger partial charge in [-0.1, -0.05) is 12.1 Å². The number of nitrogens with one attached hydrogen (secondary N) is 1. The molecule has 1 saturated heterocycles. The van der Waals surface area contributed by atoms with Gasteiger partial charge in [-0.2, -0.15) is 0 Å². The number of aryl methyl sites for hydroxylation is 1. The highest BCUT2D eigenvalue weighted by Gasteiger charge is 2.23. The number of hydrogen-bond acceptors (Lipinski definition) is 4. The maximum atomic E-state index is 12.8. The van der Waals surface area contributed by atoms with Gasteiger partial charge in [0.05, 0.1) is 23.2 Å². The largest absolute Gasteiger partial charge is 0.339 e. The van der Waals surface area contributed by atoms with Crippen LogP contribution in [0.2, 0.25) is 0 Å². The van der Waals surface area contributed by atoms with Crippen LogP contribution in [0, 0.1) is 6.92 Å². The summed E-state index contributed by atoms with van der Waals surface area (Å²) in [5, 5.41) is 2.82. The summed E-state index contributed by atoms with van der Waals surface area (Å²) in [6, 6.07) is 11.8. The molecule has 2 aromatic carbocycles. The van der Waals surface area contributed by atoms with Crippen molar-refractivity contribution in [1.82, 2.24) is 4.90 Å². The minimum Gasteiger partial charge on any atom is -0.339 e. The quantitative estimate of drug-likeness (QED) is 0.814. The van der Waals surface area contributed by atoms with Crippen molar-refractivity contribution in [2.24, 2.45) is 0 Å². The van der Waals surface area contributed by atoms with Crippen LogP contribution in [-0.4, -0.2) is 51.5 Å². The second-order valence-electron chi connectivity index (χ2n) is 7.23. The molecule has 29 heavy (non-hydrogen) atoms. The Balaban J connectivity index is 1.82. The van der Waals surface area contributed by atoms with E-state index in [-0.39, 0.29) is 11.8 Å². The molecule has 8 heteroatoms. The average Bonchev–Trinajstić information content (AvgIpc) is 3.21. The van der Waals surface area contributed by atoms with E-state index in [1.54, 1.807) is 54.3 Å². The van der Waals surface area contributed by atoms with Gasteiger partial charge < -0.3 is 10.2 Å². The average molecular weight is 416 g/mol. The van der Waals surface area contributed by atoms with Crippen LogP contribution in [0.1, 0.15) is 39.1 Å². The molecule has 1 heterocycles. The van der Waals surface area contributed by atoms with Crippen molar-refractivity contribution in [2.75, 3.05) is 36.0 Å². The number of anilines is 2. The van der Waals surface area contributed by atoms with Crippen LogP contribution in [-0.2, 0) is 10.0 Å². The summed E-state index contributed by atoms with van der Waals surface area (Å²) in [5.74, 6) is -0.442. The minimum atomic E-state index is -3.39. The standard InChI is InChI=1S/C21H25N3O4S/c1-15-14-16(10-11-19(15)23(2)29(3,27)28)20(25)22-18-9-5-4-8-17(18)21(26)24-12-6-7-13-24/h4-5,8-11,14H,6-7,12-13H2,1-3H3,(H,22,25). The molecule has 7 nitrogen and oxygen atoms in total. The number of nitrogens with zero attached hydrogens (tertiary/aromatic N) is 2. The highest BCUT2D eigenvalue weighted by Crippen LogP contribution is 2.24. The zero-order valence-electron chi connectivity index (χ0n) is 16.8. The summed E-state index contributed by atoms with van der Waals surface area (Å²) in [7, 11) is -1.92. The Labute approximate surface area is 171 Å². The number of carbonyl (C=O) groups excluding carboxylic acids is 2. The summed E-state index contributed by atoms with van der Waals surface area (Å²) in [5.41, 5.74) is 2.48. The lowest BCUT2D eigenvalue weighted by atomic mass is 10.1. The Hall–Kier alpha value is -2.87. The number of rotatable bonds is 5. The molecule has 1 fully saturated rings. The molecule has 1 N–H and O–H groups in total. The Morgan fingerprint density at radius 3 is 2.34 bits per heavy atom. The molecule has 0 spiro atoms. The number of carbonyl (C=O) groups is 2. The fourth-order valence-corrected chi connectivity index (χ4v) is 3.95. The number of likely N-dealkylation sites (tertiary alicyclic amines) is 1. The Kier molecular flexibility index (Phi) is 5.93. The number of hydrogen-bond donors (Lipinski definition) is 1. The highest BCUT2D eigenvalue weighted by atomic mass is 32.2. The molecule has 0 saturated carbocycles. The van der Waals surface area contributed by atoms with Crippen LogP contribution in [0.5, 0.6) is 0 Å². The van der Waals surface area contributed by atoms with E-state index in [9.17, 15) is 18.0 Å². The van der Waals surface area contributed by atoms with Gasteiger partial charge >= 0.3 is 0 Å². The van der Waals surface area contributed by atoms with Crippen LogP contribution in [0.4, 0.5) is 11.4 Å². The molecular weight excluding hydrogens is 390 g/mol. The third-order valence-electron chi connectivity index (χ3n) is 5.09. The molecule has 2 aromatic rings. The number of benzene rings is 2. The predicted molar refractivity (Wildman–Crippen MR) is 114 cm³/mol. The maximum absolute atomic E-state index is 12.8. The summed E-state index contributed by atoms with van der Waals surface area (Å²) in [6.07, 6.45) is 3.11. The molecule has 0 aromatic heterocycles. The van der Waals surface area contributed by atoms with Gasteiger partial charge in [0, 0.05) is 25.7 Å². The highest BCUT2D eigenvalue weighted by molar-refractivity contribution is 7.92. The summed E-state index contributed by atoms with van der Waals surface area (Å²) >= 11 is 0. The molecule has 0 aliphatic carbocycles. The maximum Gasteiger partial charge on any atom is 0.255 e. The molecule has 0 unspecified atom stereocenters. The lowest BCUT2D eigenvalue weighted by Crippen LogP contribution is -2.29. The second-order valence-corrected chi connectivity index (χ2v) is 9.24. The van der Waals surface area contributed by atoms with E-state index in [1.807, 2.05) is 0 Å². The topological polar surface area (TPSA) is 86.8 Å². The van der Waals surface area contributed by atoms with Gasteiger partial charge in [0.15, 0.2) is 0 Å². The summed E-state index contributed by atoms with van der Waals surface area (Å²) in [4.78, 5) is 27.3. The first-order valence-electron chi connectivity index (χ1n) is 9.42. The lowest BCUT2D eigenvalue weighted by Gasteiger charge is -2.20. The Bertz CT molecular complexity index is 1040. The molecule has 0 atom stereocenters. The molecule has 1 aliphatic heterocycles. The first-order chi connectivity index (χ1) is 13.7. The molecule has 0 radical (unpaired) electrons. The predicted octanol–water partition coefficient (Wildman–Crippen LogP) is 2.88. The third-order valence-corrected chi connectivity index (χ3v) is 6.29. The Morgan fingerprint density at radius 1 is 1.07 bits per heavy atom. The molecule has 1 aliphatic rings. The van der Waals surface area contributed by atoms with Gasteiger partial charge in [0.1, 0.15) is 0 Å². The van der Waals surface area contributed by atoms with Crippen LogP contribution in [0.15, 0.2) is 42.5 Å². The van der Waals surface area contributed by atoms with Gasteiger partial charge in [-0.15, -0.1) is 0 Å². The zero-order chi connectivity index (χ0) is 21.2. The van der Waals surface area contributed by atoms with Crippen molar-refractivity contribution in [1.29, 1.82) is 0 Å². The zero-order valence-corrected chi connectivity index (χ0v) is 17.6. The van der Waals surface area contributed by atoms with E-state index >= 15 is 0 Å². The van der Waals surface area contributed by atoms with Crippen LogP contribution < -0.4 is 9.62 Å². The van der Waals surface area contributed by atoms with E-state index in [0.717, 1.165) is 32.2 Å². The lowest BCUT2D eigenvalue weighted by molar-refractivity contribution is 0.0794. The fourth-order valence-electron chi connectivity index (χ4n) is 3.39. The Morgan fingerprint density at radius 2 is 1.72 bits per heavy atom. The van der Waals surface area contributed by atoms with E-state index in [2.05, 4.69) is 5.32 Å². The first-order valence-corrected chi connectivity index (χ1v) is 11.3. The molecule has 3 rings (SSSR count). The van der Waals surface area contributed by atoms with Crippen LogP contribution >= 0.6 is 0 Å². The number of sulfonamides is 1. The summed E-state index contributed by atoms with van der Waals surface area (Å²) < 4.78 is 24.7. The minimum absolute atomic E-state index is 0.0836. The number of para-hydroxylation sites is 1. The molecular formula is C21H25N3O4S. The SMILES string of the molecule is Cc1cc(C(=O)Nc2ccccc2C(=O)N2CCCC2)ccc1N(C)S(C)(=O)=O. The third kappa shape index (κ3) is 4.59. The normalized spacial score (nSPS) is 14.0. The van der Waals surface area contributed by atoms with Gasteiger partial charge in [-0.3, -0.25) is 13.9 Å². The van der Waals surface area contributed by atoms with E-state index in [0.29, 0.717) is 28.1 Å². The second kappa shape index (κ2) is 8.24.